The summed E-state index contributed by atoms with van der Waals surface area (Å²) in [5.41, 5.74) is 2.13. The number of benzene rings is 1. The highest BCUT2D eigenvalue weighted by atomic mass is 32.2. The van der Waals surface area contributed by atoms with E-state index in [1.54, 1.807) is 36.5 Å². The first-order valence-corrected chi connectivity index (χ1v) is 9.69. The molecule has 126 valence electrons. The molecule has 0 aliphatic heterocycles. The van der Waals surface area contributed by atoms with Crippen LogP contribution in [-0.4, -0.2) is 18.7 Å². The van der Waals surface area contributed by atoms with Gasteiger partial charge in [0, 0.05) is 16.7 Å². The van der Waals surface area contributed by atoms with Gasteiger partial charge in [0.05, 0.1) is 31.4 Å². The molecule has 0 saturated carbocycles. The summed E-state index contributed by atoms with van der Waals surface area (Å²) in [4.78, 5) is 4.72. The predicted octanol–water partition coefficient (Wildman–Crippen LogP) is 5.24. The minimum absolute atomic E-state index is 0.615. The Morgan fingerprint density at radius 1 is 1.21 bits per heavy atom. The Morgan fingerprint density at radius 3 is 2.88 bits per heavy atom. The Kier molecular flexibility index (Phi) is 5.82. The van der Waals surface area contributed by atoms with E-state index in [-0.39, 0.29) is 0 Å². The number of aromatic nitrogens is 1. The third-order valence-corrected chi connectivity index (χ3v) is 5.27. The van der Waals surface area contributed by atoms with Crippen molar-refractivity contribution in [1.29, 1.82) is 0 Å². The Balaban J connectivity index is 1.66. The van der Waals surface area contributed by atoms with E-state index in [0.29, 0.717) is 6.61 Å². The van der Waals surface area contributed by atoms with Crippen molar-refractivity contribution in [2.75, 3.05) is 13.7 Å². The van der Waals surface area contributed by atoms with Gasteiger partial charge >= 0.3 is 0 Å². The maximum absolute atomic E-state index is 5.56. The summed E-state index contributed by atoms with van der Waals surface area (Å²) in [5, 5.41) is 3.10. The van der Waals surface area contributed by atoms with E-state index in [1.807, 2.05) is 37.3 Å². The first kappa shape index (κ1) is 16.9. The second kappa shape index (κ2) is 8.26. The first-order valence-electron chi connectivity index (χ1n) is 7.66. The van der Waals surface area contributed by atoms with Crippen LogP contribution < -0.4 is 9.47 Å². The summed E-state index contributed by atoms with van der Waals surface area (Å²) in [6.07, 6.45) is 1.70. The molecule has 2 heterocycles. The quantitative estimate of drug-likeness (QED) is 0.549. The van der Waals surface area contributed by atoms with Gasteiger partial charge in [0.15, 0.2) is 11.5 Å². The van der Waals surface area contributed by atoms with Crippen molar-refractivity contribution in [3.63, 3.8) is 0 Å². The third-order valence-electron chi connectivity index (χ3n) is 3.34. The zero-order valence-electron chi connectivity index (χ0n) is 13.7. The van der Waals surface area contributed by atoms with Gasteiger partial charge in [-0.05, 0) is 37.3 Å². The average molecular weight is 361 g/mol. The Morgan fingerprint density at radius 2 is 2.12 bits per heavy atom. The monoisotopic (exact) mass is 361 g/mol. The first-order chi connectivity index (χ1) is 11.8. The summed E-state index contributed by atoms with van der Waals surface area (Å²) >= 11 is 3.44. The molecule has 0 radical (unpaired) electrons. The second-order valence-electron chi connectivity index (χ2n) is 5.01. The van der Waals surface area contributed by atoms with Crippen LogP contribution in [0.15, 0.2) is 46.4 Å². The summed E-state index contributed by atoms with van der Waals surface area (Å²) < 4.78 is 16.3. The fraction of sp³-hybridized carbons (Fsp3) is 0.278. The van der Waals surface area contributed by atoms with Gasteiger partial charge in [0.1, 0.15) is 10.8 Å². The van der Waals surface area contributed by atoms with Crippen LogP contribution in [0.4, 0.5) is 0 Å². The number of ether oxygens (including phenoxy) is 2. The van der Waals surface area contributed by atoms with Crippen LogP contribution >= 0.6 is 23.1 Å². The van der Waals surface area contributed by atoms with Crippen molar-refractivity contribution in [3.8, 4) is 22.1 Å². The standard InChI is InChI=1S/C18H19NO3S2/c1-3-21-16-7-6-13(9-17(16)20-2)18-19-14(11-24-18)10-23-12-15-5-4-8-22-15/h4-9,11H,3,10,12H2,1-2H3. The number of thioether (sulfide) groups is 1. The highest BCUT2D eigenvalue weighted by molar-refractivity contribution is 7.97. The summed E-state index contributed by atoms with van der Waals surface area (Å²) in [6, 6.07) is 9.84. The van der Waals surface area contributed by atoms with Crippen molar-refractivity contribution in [3.05, 3.63) is 53.4 Å². The molecule has 0 bridgehead atoms. The molecule has 0 amide bonds. The van der Waals surface area contributed by atoms with Crippen molar-refractivity contribution < 1.29 is 13.9 Å². The fourth-order valence-corrected chi connectivity index (χ4v) is 3.98. The summed E-state index contributed by atoms with van der Waals surface area (Å²) in [5.74, 6) is 4.21. The molecule has 0 aliphatic carbocycles. The topological polar surface area (TPSA) is 44.5 Å². The van der Waals surface area contributed by atoms with Gasteiger partial charge in [-0.1, -0.05) is 0 Å². The van der Waals surface area contributed by atoms with Gasteiger partial charge in [-0.2, -0.15) is 0 Å². The molecule has 3 aromatic rings. The molecule has 0 fully saturated rings. The van der Waals surface area contributed by atoms with Gasteiger partial charge in [-0.25, -0.2) is 4.98 Å². The van der Waals surface area contributed by atoms with E-state index >= 15 is 0 Å². The van der Waals surface area contributed by atoms with Crippen molar-refractivity contribution in [2.24, 2.45) is 0 Å². The molecule has 24 heavy (non-hydrogen) atoms. The molecule has 0 spiro atoms. The molecule has 0 unspecified atom stereocenters. The zero-order valence-corrected chi connectivity index (χ0v) is 15.3. The fourth-order valence-electron chi connectivity index (χ4n) is 2.23. The minimum Gasteiger partial charge on any atom is -0.493 e. The lowest BCUT2D eigenvalue weighted by atomic mass is 10.2. The predicted molar refractivity (Wildman–Crippen MR) is 99.0 cm³/mol. The third kappa shape index (κ3) is 4.13. The van der Waals surface area contributed by atoms with E-state index in [2.05, 4.69) is 5.38 Å². The number of hydrogen-bond donors (Lipinski definition) is 0. The maximum Gasteiger partial charge on any atom is 0.161 e. The molecular formula is C18H19NO3S2. The summed E-state index contributed by atoms with van der Waals surface area (Å²) in [7, 11) is 1.65. The molecule has 4 nitrogen and oxygen atoms in total. The number of furan rings is 1. The average Bonchev–Trinajstić information content (AvgIpc) is 3.27. The highest BCUT2D eigenvalue weighted by Gasteiger charge is 2.10. The van der Waals surface area contributed by atoms with Gasteiger partial charge in [-0.3, -0.25) is 0 Å². The normalized spacial score (nSPS) is 10.8. The Labute approximate surface area is 149 Å². The van der Waals surface area contributed by atoms with Gasteiger partial charge in [0.2, 0.25) is 0 Å². The molecule has 0 saturated heterocycles. The lowest BCUT2D eigenvalue weighted by molar-refractivity contribution is 0.311. The lowest BCUT2D eigenvalue weighted by Gasteiger charge is -2.09. The van der Waals surface area contributed by atoms with E-state index in [1.165, 1.54) is 0 Å². The van der Waals surface area contributed by atoms with Crippen molar-refractivity contribution in [1.82, 2.24) is 4.98 Å². The van der Waals surface area contributed by atoms with E-state index in [4.69, 9.17) is 18.9 Å². The van der Waals surface area contributed by atoms with Gasteiger partial charge < -0.3 is 13.9 Å². The lowest BCUT2D eigenvalue weighted by Crippen LogP contribution is -1.95. The minimum atomic E-state index is 0.615. The number of hydrogen-bond acceptors (Lipinski definition) is 6. The van der Waals surface area contributed by atoms with Crippen molar-refractivity contribution in [2.45, 2.75) is 18.4 Å². The molecule has 0 atom stereocenters. The SMILES string of the molecule is CCOc1ccc(-c2nc(CSCc3ccco3)cs2)cc1OC. The van der Waals surface area contributed by atoms with E-state index < -0.39 is 0 Å². The molecule has 3 rings (SSSR count). The van der Waals surface area contributed by atoms with Crippen LogP contribution in [0.2, 0.25) is 0 Å². The largest absolute Gasteiger partial charge is 0.493 e. The van der Waals surface area contributed by atoms with Crippen LogP contribution in [0.25, 0.3) is 10.6 Å². The Bertz CT molecular complexity index is 768. The second-order valence-corrected chi connectivity index (χ2v) is 6.86. The smallest absolute Gasteiger partial charge is 0.161 e. The van der Waals surface area contributed by atoms with Crippen LogP contribution in [0.5, 0.6) is 11.5 Å². The van der Waals surface area contributed by atoms with Gasteiger partial charge in [-0.15, -0.1) is 23.1 Å². The van der Waals surface area contributed by atoms with Crippen LogP contribution in [0.1, 0.15) is 18.4 Å². The molecule has 6 heteroatoms. The number of rotatable bonds is 8. The molecule has 0 N–H and O–H groups in total. The Hall–Kier alpha value is -1.92. The highest BCUT2D eigenvalue weighted by Crippen LogP contribution is 2.34. The van der Waals surface area contributed by atoms with Gasteiger partial charge in [0.25, 0.3) is 0 Å². The molecule has 2 aromatic heterocycles. The van der Waals surface area contributed by atoms with E-state index in [9.17, 15) is 0 Å². The van der Waals surface area contributed by atoms with Crippen molar-refractivity contribution >= 4 is 23.1 Å². The maximum atomic E-state index is 5.56. The molecule has 0 aliphatic rings. The zero-order chi connectivity index (χ0) is 16.8. The number of nitrogens with zero attached hydrogens (tertiary/aromatic N) is 1. The van der Waals surface area contributed by atoms with Crippen LogP contribution in [0.3, 0.4) is 0 Å². The number of thiazole rings is 1. The van der Waals surface area contributed by atoms with Crippen LogP contribution in [-0.2, 0) is 11.5 Å². The molecule has 1 aromatic carbocycles. The van der Waals surface area contributed by atoms with Crippen LogP contribution in [0, 0.1) is 0 Å². The molecular weight excluding hydrogens is 342 g/mol. The van der Waals surface area contributed by atoms with E-state index in [0.717, 1.165) is 45.0 Å². The number of methoxy groups -OCH3 is 1. The summed E-state index contributed by atoms with van der Waals surface area (Å²) in [6.45, 7) is 2.57.